The highest BCUT2D eigenvalue weighted by Crippen LogP contribution is 2.39. The number of hydrogen-bond donors (Lipinski definition) is 0. The normalized spacial score (nSPS) is 21.6. The summed E-state index contributed by atoms with van der Waals surface area (Å²) in [7, 11) is 0. The first-order valence-electron chi connectivity index (χ1n) is 6.34. The molecule has 0 bridgehead atoms. The molecule has 0 amide bonds. The molecule has 0 radical (unpaired) electrons. The number of ether oxygens (including phenoxy) is 1. The summed E-state index contributed by atoms with van der Waals surface area (Å²) in [5.74, 6) is 1.34. The summed E-state index contributed by atoms with van der Waals surface area (Å²) in [6.45, 7) is 2.20. The molecule has 0 aliphatic carbocycles. The minimum absolute atomic E-state index is 0.0749. The number of hydrogen-bond acceptors (Lipinski definition) is 1. The summed E-state index contributed by atoms with van der Waals surface area (Å²) in [4.78, 5) is 0. The Kier molecular flexibility index (Phi) is 3.42. The van der Waals surface area contributed by atoms with Crippen molar-refractivity contribution in [1.82, 2.24) is 0 Å². The lowest BCUT2D eigenvalue weighted by atomic mass is 9.88. The van der Waals surface area contributed by atoms with Gasteiger partial charge >= 0.3 is 0 Å². The van der Waals surface area contributed by atoms with Crippen LogP contribution in [0.2, 0.25) is 10.0 Å². The van der Waals surface area contributed by atoms with Gasteiger partial charge in [0.2, 0.25) is 0 Å². The molecular weight excluding hydrogens is 279 g/mol. The van der Waals surface area contributed by atoms with Gasteiger partial charge < -0.3 is 4.74 Å². The van der Waals surface area contributed by atoms with Crippen molar-refractivity contribution in [3.63, 3.8) is 0 Å². The highest BCUT2D eigenvalue weighted by atomic mass is 35.5. The van der Waals surface area contributed by atoms with Gasteiger partial charge in [0.1, 0.15) is 11.9 Å². The zero-order chi connectivity index (χ0) is 13.4. The lowest BCUT2D eigenvalue weighted by Crippen LogP contribution is -2.23. The Labute approximate surface area is 123 Å². The van der Waals surface area contributed by atoms with Crippen LogP contribution in [0.25, 0.3) is 0 Å². The Morgan fingerprint density at radius 1 is 1.00 bits per heavy atom. The Morgan fingerprint density at radius 2 is 1.68 bits per heavy atom. The van der Waals surface area contributed by atoms with E-state index in [2.05, 4.69) is 6.92 Å². The fraction of sp³-hybridized carbons (Fsp3) is 0.250. The predicted octanol–water partition coefficient (Wildman–Crippen LogP) is 5.31. The van der Waals surface area contributed by atoms with Crippen molar-refractivity contribution >= 4 is 23.2 Å². The molecule has 0 fully saturated rings. The molecule has 2 atom stereocenters. The maximum atomic E-state index is 6.12. The van der Waals surface area contributed by atoms with Gasteiger partial charge in [0.15, 0.2) is 0 Å². The molecule has 98 valence electrons. The van der Waals surface area contributed by atoms with Crippen LogP contribution in [0.4, 0.5) is 0 Å². The van der Waals surface area contributed by atoms with Gasteiger partial charge in [0.25, 0.3) is 0 Å². The Hall–Kier alpha value is -1.18. The molecular formula is C16H14Cl2O. The third-order valence-electron chi connectivity index (χ3n) is 3.53. The van der Waals surface area contributed by atoms with Gasteiger partial charge in [-0.15, -0.1) is 0 Å². The number of benzene rings is 2. The maximum absolute atomic E-state index is 6.12. The van der Waals surface area contributed by atoms with E-state index in [1.165, 1.54) is 5.56 Å². The molecule has 0 unspecified atom stereocenters. The third kappa shape index (κ3) is 2.58. The molecule has 0 aromatic heterocycles. The topological polar surface area (TPSA) is 9.23 Å². The molecule has 0 saturated heterocycles. The quantitative estimate of drug-likeness (QED) is 0.692. The summed E-state index contributed by atoms with van der Waals surface area (Å²) < 4.78 is 6.12. The molecule has 0 N–H and O–H groups in total. The fourth-order valence-electron chi connectivity index (χ4n) is 2.58. The molecule has 3 heteroatoms. The molecule has 1 nitrogen and oxygen atoms in total. The van der Waals surface area contributed by atoms with Gasteiger partial charge in [-0.25, -0.2) is 0 Å². The average molecular weight is 293 g/mol. The first-order chi connectivity index (χ1) is 9.13. The molecule has 1 aliphatic rings. The van der Waals surface area contributed by atoms with E-state index in [1.807, 2.05) is 42.5 Å². The highest BCUT2D eigenvalue weighted by Gasteiger charge is 2.28. The zero-order valence-corrected chi connectivity index (χ0v) is 12.1. The summed E-state index contributed by atoms with van der Waals surface area (Å²) in [5.41, 5.74) is 2.35. The van der Waals surface area contributed by atoms with Crippen LogP contribution in [0.3, 0.4) is 0 Å². The van der Waals surface area contributed by atoms with Gasteiger partial charge in [-0.3, -0.25) is 0 Å². The minimum Gasteiger partial charge on any atom is -0.485 e. The maximum Gasteiger partial charge on any atom is 0.127 e. The van der Waals surface area contributed by atoms with E-state index in [-0.39, 0.29) is 6.10 Å². The second kappa shape index (κ2) is 5.07. The monoisotopic (exact) mass is 292 g/mol. The number of fused-ring (bicyclic) bond motifs is 1. The molecule has 2 aromatic carbocycles. The third-order valence-corrected chi connectivity index (χ3v) is 4.02. The van der Waals surface area contributed by atoms with Crippen LogP contribution in [-0.4, -0.2) is 0 Å². The largest absolute Gasteiger partial charge is 0.485 e. The smallest absolute Gasteiger partial charge is 0.127 e. The predicted molar refractivity (Wildman–Crippen MR) is 79.1 cm³/mol. The molecule has 1 heterocycles. The summed E-state index contributed by atoms with van der Waals surface area (Å²) in [5, 5.41) is 1.51. The van der Waals surface area contributed by atoms with E-state index in [0.29, 0.717) is 5.92 Å². The first-order valence-corrected chi connectivity index (χ1v) is 7.09. The van der Waals surface area contributed by atoms with Crippen LogP contribution < -0.4 is 4.74 Å². The number of rotatable bonds is 1. The van der Waals surface area contributed by atoms with Gasteiger partial charge in [-0.1, -0.05) is 42.3 Å². The van der Waals surface area contributed by atoms with Crippen LogP contribution in [0.1, 0.15) is 24.2 Å². The zero-order valence-electron chi connectivity index (χ0n) is 10.6. The van der Waals surface area contributed by atoms with Gasteiger partial charge in [-0.2, -0.15) is 0 Å². The second-order valence-corrected chi connectivity index (χ2v) is 5.90. The van der Waals surface area contributed by atoms with Crippen molar-refractivity contribution in [2.75, 3.05) is 0 Å². The van der Waals surface area contributed by atoms with E-state index >= 15 is 0 Å². The fourth-order valence-corrected chi connectivity index (χ4v) is 2.90. The van der Waals surface area contributed by atoms with Crippen LogP contribution in [0, 0.1) is 5.92 Å². The summed E-state index contributed by atoms with van der Waals surface area (Å²) in [6.07, 6.45) is 1.05. The van der Waals surface area contributed by atoms with E-state index in [9.17, 15) is 0 Å². The van der Waals surface area contributed by atoms with E-state index in [4.69, 9.17) is 27.9 Å². The lowest BCUT2D eigenvalue weighted by molar-refractivity contribution is 0.123. The van der Waals surface area contributed by atoms with Crippen LogP contribution in [0.5, 0.6) is 5.75 Å². The Morgan fingerprint density at radius 3 is 2.42 bits per heavy atom. The van der Waals surface area contributed by atoms with Crippen LogP contribution in [0.15, 0.2) is 42.5 Å². The molecule has 3 rings (SSSR count). The molecule has 2 aromatic rings. The van der Waals surface area contributed by atoms with E-state index < -0.39 is 0 Å². The SMILES string of the molecule is C[C@@H]1Cc2cc(Cl)ccc2O[C@H]1c1ccc(Cl)cc1. The van der Waals surface area contributed by atoms with E-state index in [1.54, 1.807) is 0 Å². The molecule has 19 heavy (non-hydrogen) atoms. The van der Waals surface area contributed by atoms with Crippen molar-refractivity contribution < 1.29 is 4.74 Å². The van der Waals surface area contributed by atoms with Crippen molar-refractivity contribution in [3.8, 4) is 5.75 Å². The van der Waals surface area contributed by atoms with Crippen molar-refractivity contribution in [1.29, 1.82) is 0 Å². The van der Waals surface area contributed by atoms with Gasteiger partial charge in [0, 0.05) is 16.0 Å². The van der Waals surface area contributed by atoms with E-state index in [0.717, 1.165) is 27.8 Å². The first kappa shape index (κ1) is 12.8. The van der Waals surface area contributed by atoms with Crippen LogP contribution in [-0.2, 0) is 6.42 Å². The van der Waals surface area contributed by atoms with Crippen molar-refractivity contribution in [3.05, 3.63) is 63.6 Å². The molecule has 0 spiro atoms. The molecule has 0 saturated carbocycles. The minimum atomic E-state index is 0.0749. The average Bonchev–Trinajstić information content (AvgIpc) is 2.39. The van der Waals surface area contributed by atoms with Gasteiger partial charge in [0.05, 0.1) is 0 Å². The lowest BCUT2D eigenvalue weighted by Gasteiger charge is -2.32. The van der Waals surface area contributed by atoms with Gasteiger partial charge in [-0.05, 0) is 47.9 Å². The van der Waals surface area contributed by atoms with Crippen molar-refractivity contribution in [2.45, 2.75) is 19.4 Å². The van der Waals surface area contributed by atoms with Crippen LogP contribution >= 0.6 is 23.2 Å². The summed E-state index contributed by atoms with van der Waals surface area (Å²) in [6, 6.07) is 13.7. The Bertz CT molecular complexity index is 592. The summed E-state index contributed by atoms with van der Waals surface area (Å²) >= 11 is 12.0. The van der Waals surface area contributed by atoms with Crippen molar-refractivity contribution in [2.24, 2.45) is 5.92 Å². The second-order valence-electron chi connectivity index (χ2n) is 5.02. The number of halogens is 2. The standard InChI is InChI=1S/C16H14Cl2O/c1-10-8-12-9-14(18)6-7-15(12)19-16(10)11-2-4-13(17)5-3-11/h2-7,9-10,16H,8H2,1H3/t10-,16-/m1/s1. The highest BCUT2D eigenvalue weighted by molar-refractivity contribution is 6.30. The Balaban J connectivity index is 1.93. The molecule has 1 aliphatic heterocycles.